The lowest BCUT2D eigenvalue weighted by molar-refractivity contribution is 0.266. The van der Waals surface area contributed by atoms with Crippen molar-refractivity contribution in [2.45, 2.75) is 19.4 Å². The van der Waals surface area contributed by atoms with Crippen LogP contribution in [0.4, 0.5) is 5.69 Å². The average Bonchev–Trinajstić information content (AvgIpc) is 2.57. The molecule has 2 aromatic rings. The minimum atomic E-state index is 0.743. The van der Waals surface area contributed by atoms with Gasteiger partial charge in [0.2, 0.25) is 0 Å². The summed E-state index contributed by atoms with van der Waals surface area (Å²) in [4.78, 5) is 2.48. The van der Waals surface area contributed by atoms with Crippen molar-refractivity contribution in [2.75, 3.05) is 18.5 Å². The van der Waals surface area contributed by atoms with E-state index in [2.05, 4.69) is 45.8 Å². The number of hydrazone groups is 1. The molecule has 3 nitrogen and oxygen atoms in total. The first-order valence-corrected chi connectivity index (χ1v) is 8.01. The van der Waals surface area contributed by atoms with Crippen LogP contribution in [0.5, 0.6) is 0 Å². The van der Waals surface area contributed by atoms with Gasteiger partial charge in [-0.15, -0.1) is 0 Å². The van der Waals surface area contributed by atoms with Crippen LogP contribution < -0.4 is 5.43 Å². The molecule has 0 aromatic heterocycles. The topological polar surface area (TPSA) is 27.6 Å². The number of halogens is 1. The van der Waals surface area contributed by atoms with Crippen molar-refractivity contribution in [3.63, 3.8) is 0 Å². The molecule has 0 spiro atoms. The Balaban J connectivity index is 1.49. The lowest BCUT2D eigenvalue weighted by Crippen LogP contribution is -2.33. The molecule has 0 bridgehead atoms. The van der Waals surface area contributed by atoms with Gasteiger partial charge in [-0.25, -0.2) is 0 Å². The molecule has 1 heterocycles. The second-order valence-electron chi connectivity index (χ2n) is 5.56. The molecule has 114 valence electrons. The van der Waals surface area contributed by atoms with Crippen LogP contribution in [0.2, 0.25) is 5.02 Å². The molecule has 1 N–H and O–H groups in total. The van der Waals surface area contributed by atoms with Crippen LogP contribution in [0.1, 0.15) is 18.4 Å². The molecule has 0 saturated carbocycles. The third kappa shape index (κ3) is 4.33. The van der Waals surface area contributed by atoms with E-state index in [0.717, 1.165) is 43.2 Å². The maximum Gasteiger partial charge on any atom is 0.0562 e. The van der Waals surface area contributed by atoms with Crippen LogP contribution in [0.3, 0.4) is 0 Å². The number of nitrogens with one attached hydrogen (secondary N) is 1. The van der Waals surface area contributed by atoms with E-state index in [1.165, 1.54) is 11.3 Å². The van der Waals surface area contributed by atoms with Crippen molar-refractivity contribution in [1.29, 1.82) is 0 Å². The Morgan fingerprint density at radius 3 is 2.32 bits per heavy atom. The molecule has 4 heteroatoms. The minimum Gasteiger partial charge on any atom is -0.298 e. The summed E-state index contributed by atoms with van der Waals surface area (Å²) in [5, 5.41) is 5.26. The zero-order chi connectivity index (χ0) is 15.2. The summed E-state index contributed by atoms with van der Waals surface area (Å²) in [5.41, 5.74) is 6.70. The van der Waals surface area contributed by atoms with Crippen molar-refractivity contribution in [3.05, 3.63) is 65.2 Å². The first kappa shape index (κ1) is 15.1. The molecular formula is C18H20ClN3. The van der Waals surface area contributed by atoms with Crippen LogP contribution in [0.25, 0.3) is 0 Å². The number of benzene rings is 2. The van der Waals surface area contributed by atoms with Crippen molar-refractivity contribution in [2.24, 2.45) is 5.10 Å². The number of hydrogen-bond acceptors (Lipinski definition) is 3. The summed E-state index contributed by atoms with van der Waals surface area (Å²) in [6.45, 7) is 3.16. The number of likely N-dealkylation sites (tertiary alicyclic amines) is 1. The minimum absolute atomic E-state index is 0.743. The molecule has 0 atom stereocenters. The highest BCUT2D eigenvalue weighted by atomic mass is 35.5. The third-order valence-electron chi connectivity index (χ3n) is 3.87. The quantitative estimate of drug-likeness (QED) is 0.847. The Bertz CT molecular complexity index is 613. The number of piperidine rings is 1. The maximum atomic E-state index is 5.87. The lowest BCUT2D eigenvalue weighted by Gasteiger charge is -2.27. The van der Waals surface area contributed by atoms with Crippen molar-refractivity contribution < 1.29 is 0 Å². The van der Waals surface area contributed by atoms with E-state index in [1.54, 1.807) is 0 Å². The van der Waals surface area contributed by atoms with Gasteiger partial charge in [0.15, 0.2) is 0 Å². The predicted octanol–water partition coefficient (Wildman–Crippen LogP) is 4.40. The maximum absolute atomic E-state index is 5.87. The van der Waals surface area contributed by atoms with Gasteiger partial charge in [0.1, 0.15) is 0 Å². The summed E-state index contributed by atoms with van der Waals surface area (Å²) in [5.74, 6) is 0. The zero-order valence-corrected chi connectivity index (χ0v) is 13.3. The van der Waals surface area contributed by atoms with Gasteiger partial charge >= 0.3 is 0 Å². The van der Waals surface area contributed by atoms with Gasteiger partial charge in [0, 0.05) is 43.2 Å². The SMILES string of the molecule is Clc1ccc(NN=C2CCN(Cc3ccccc3)CC2)cc1. The Kier molecular flexibility index (Phi) is 5.09. The Morgan fingerprint density at radius 2 is 1.64 bits per heavy atom. The van der Waals surface area contributed by atoms with Crippen LogP contribution in [-0.2, 0) is 6.54 Å². The van der Waals surface area contributed by atoms with Crippen LogP contribution in [0, 0.1) is 0 Å². The predicted molar refractivity (Wildman–Crippen MR) is 93.5 cm³/mol. The summed E-state index contributed by atoms with van der Waals surface area (Å²) in [6, 6.07) is 18.3. The molecule has 0 radical (unpaired) electrons. The van der Waals surface area contributed by atoms with E-state index in [-0.39, 0.29) is 0 Å². The third-order valence-corrected chi connectivity index (χ3v) is 4.12. The van der Waals surface area contributed by atoms with E-state index in [1.807, 2.05) is 24.3 Å². The first-order chi connectivity index (χ1) is 10.8. The Labute approximate surface area is 136 Å². The first-order valence-electron chi connectivity index (χ1n) is 7.63. The van der Waals surface area contributed by atoms with Gasteiger partial charge in [-0.3, -0.25) is 10.3 Å². The van der Waals surface area contributed by atoms with Crippen molar-refractivity contribution in [3.8, 4) is 0 Å². The number of nitrogens with zero attached hydrogens (tertiary/aromatic N) is 2. The fourth-order valence-electron chi connectivity index (χ4n) is 2.59. The summed E-state index contributed by atoms with van der Waals surface area (Å²) >= 11 is 5.87. The van der Waals surface area contributed by atoms with Gasteiger partial charge in [0.25, 0.3) is 0 Å². The molecule has 1 fully saturated rings. The molecule has 1 aliphatic heterocycles. The van der Waals surface area contributed by atoms with Gasteiger partial charge in [-0.1, -0.05) is 41.9 Å². The lowest BCUT2D eigenvalue weighted by atomic mass is 10.1. The molecule has 0 unspecified atom stereocenters. The van der Waals surface area contributed by atoms with Crippen LogP contribution in [0.15, 0.2) is 59.7 Å². The van der Waals surface area contributed by atoms with E-state index in [0.29, 0.717) is 0 Å². The van der Waals surface area contributed by atoms with Gasteiger partial charge in [-0.05, 0) is 29.8 Å². The van der Waals surface area contributed by atoms with Crippen LogP contribution >= 0.6 is 11.6 Å². The van der Waals surface area contributed by atoms with E-state index >= 15 is 0 Å². The van der Waals surface area contributed by atoms with Gasteiger partial charge < -0.3 is 0 Å². The van der Waals surface area contributed by atoms with Crippen molar-refractivity contribution >= 4 is 23.0 Å². The fourth-order valence-corrected chi connectivity index (χ4v) is 2.72. The standard InChI is InChI=1S/C18H20ClN3/c19-16-6-8-17(9-7-16)20-21-18-10-12-22(13-11-18)14-15-4-2-1-3-5-15/h1-9,20H,10-14H2. The van der Waals surface area contributed by atoms with E-state index in [9.17, 15) is 0 Å². The highest BCUT2D eigenvalue weighted by Gasteiger charge is 2.15. The van der Waals surface area contributed by atoms with Gasteiger partial charge in [0.05, 0.1) is 5.69 Å². The molecule has 22 heavy (non-hydrogen) atoms. The summed E-state index contributed by atoms with van der Waals surface area (Å²) < 4.78 is 0. The highest BCUT2D eigenvalue weighted by molar-refractivity contribution is 6.30. The Hall–Kier alpha value is -1.84. The van der Waals surface area contributed by atoms with Gasteiger partial charge in [-0.2, -0.15) is 5.10 Å². The summed E-state index contributed by atoms with van der Waals surface area (Å²) in [7, 11) is 0. The molecule has 2 aromatic carbocycles. The fraction of sp³-hybridized carbons (Fsp3) is 0.278. The van der Waals surface area contributed by atoms with Crippen LogP contribution in [-0.4, -0.2) is 23.7 Å². The normalized spacial score (nSPS) is 15.6. The number of hydrogen-bond donors (Lipinski definition) is 1. The second-order valence-corrected chi connectivity index (χ2v) is 5.99. The summed E-state index contributed by atoms with van der Waals surface area (Å²) in [6.07, 6.45) is 2.04. The molecule has 0 aliphatic carbocycles. The van der Waals surface area contributed by atoms with Crippen molar-refractivity contribution in [1.82, 2.24) is 4.90 Å². The monoisotopic (exact) mass is 313 g/mol. The second kappa shape index (κ2) is 7.43. The smallest absolute Gasteiger partial charge is 0.0562 e. The molecule has 1 aliphatic rings. The largest absolute Gasteiger partial charge is 0.298 e. The van der Waals surface area contributed by atoms with E-state index < -0.39 is 0 Å². The molecular weight excluding hydrogens is 294 g/mol. The zero-order valence-electron chi connectivity index (χ0n) is 12.5. The molecule has 0 amide bonds. The average molecular weight is 314 g/mol. The molecule has 3 rings (SSSR count). The number of rotatable bonds is 4. The highest BCUT2D eigenvalue weighted by Crippen LogP contribution is 2.15. The Morgan fingerprint density at radius 1 is 0.955 bits per heavy atom. The number of anilines is 1. The molecule has 1 saturated heterocycles. The van der Waals surface area contributed by atoms with E-state index in [4.69, 9.17) is 11.6 Å².